The van der Waals surface area contributed by atoms with Crippen LogP contribution in [0.1, 0.15) is 27.7 Å². The highest BCUT2D eigenvalue weighted by Gasteiger charge is 2.49. The van der Waals surface area contributed by atoms with Crippen molar-refractivity contribution in [3.8, 4) is 11.5 Å². The molecule has 0 fully saturated rings. The summed E-state index contributed by atoms with van der Waals surface area (Å²) in [4.78, 5) is 41.0. The van der Waals surface area contributed by atoms with Gasteiger partial charge in [0.05, 0.1) is 26.4 Å². The Hall–Kier alpha value is -4.01. The van der Waals surface area contributed by atoms with Crippen LogP contribution in [0.2, 0.25) is 0 Å². The van der Waals surface area contributed by atoms with Crippen molar-refractivity contribution < 1.29 is 33.3 Å². The van der Waals surface area contributed by atoms with Crippen molar-refractivity contribution in [2.24, 2.45) is 0 Å². The monoisotopic (exact) mass is 482 g/mol. The minimum absolute atomic E-state index is 0.0560. The average molecular weight is 483 g/mol. The van der Waals surface area contributed by atoms with Crippen molar-refractivity contribution >= 4 is 29.2 Å². The van der Waals surface area contributed by atoms with Gasteiger partial charge in [0, 0.05) is 11.4 Å². The summed E-state index contributed by atoms with van der Waals surface area (Å²) in [6.45, 7) is 8.21. The molecule has 0 spiro atoms. The van der Waals surface area contributed by atoms with E-state index in [-0.39, 0.29) is 24.5 Å². The van der Waals surface area contributed by atoms with Gasteiger partial charge in [-0.1, -0.05) is 0 Å². The number of hydrogen-bond acceptors (Lipinski definition) is 8. The van der Waals surface area contributed by atoms with Crippen molar-refractivity contribution in [1.29, 1.82) is 0 Å². The van der Waals surface area contributed by atoms with Gasteiger partial charge in [-0.25, -0.2) is 9.59 Å². The molecule has 0 saturated carbocycles. The molecule has 1 aliphatic rings. The molecule has 2 aromatic rings. The number of esters is 2. The molecule has 2 aromatic carbocycles. The third kappa shape index (κ3) is 5.74. The Morgan fingerprint density at radius 1 is 0.800 bits per heavy atom. The summed E-state index contributed by atoms with van der Waals surface area (Å²) in [7, 11) is 0. The van der Waals surface area contributed by atoms with Crippen LogP contribution in [-0.4, -0.2) is 50.3 Å². The Balaban J connectivity index is 2.07. The maximum atomic E-state index is 13.7. The maximum absolute atomic E-state index is 13.7. The SMILES string of the molecule is CCOC(=O)C1=C(Nc2ccc(OCC)cc2)C(=O)N(c2ccc(OCC)cc2)C1C(=O)OCC. The number of benzene rings is 2. The van der Waals surface area contributed by atoms with Gasteiger partial charge in [0.1, 0.15) is 22.8 Å². The summed E-state index contributed by atoms with van der Waals surface area (Å²) in [5.74, 6) is -0.802. The van der Waals surface area contributed by atoms with Crippen LogP contribution in [-0.2, 0) is 23.9 Å². The number of nitrogens with one attached hydrogen (secondary N) is 1. The molecule has 3 rings (SSSR count). The number of ether oxygens (including phenoxy) is 4. The summed E-state index contributed by atoms with van der Waals surface area (Å²) in [5.41, 5.74) is 0.772. The van der Waals surface area contributed by atoms with Crippen LogP contribution in [0.4, 0.5) is 11.4 Å². The second-order valence-electron chi connectivity index (χ2n) is 7.35. The summed E-state index contributed by atoms with van der Waals surface area (Å²) in [5, 5.41) is 3.01. The minimum Gasteiger partial charge on any atom is -0.494 e. The van der Waals surface area contributed by atoms with Crippen LogP contribution in [0.15, 0.2) is 59.8 Å². The molecule has 35 heavy (non-hydrogen) atoms. The highest BCUT2D eigenvalue weighted by molar-refractivity contribution is 6.22. The first-order chi connectivity index (χ1) is 16.9. The molecule has 1 heterocycles. The quantitative estimate of drug-likeness (QED) is 0.484. The number of nitrogens with zero attached hydrogens (tertiary/aromatic N) is 1. The molecule has 9 heteroatoms. The average Bonchev–Trinajstić information content (AvgIpc) is 3.13. The topological polar surface area (TPSA) is 103 Å². The fourth-order valence-corrected chi connectivity index (χ4v) is 3.69. The van der Waals surface area contributed by atoms with E-state index in [1.54, 1.807) is 62.4 Å². The summed E-state index contributed by atoms with van der Waals surface area (Å²) >= 11 is 0. The molecule has 0 aliphatic carbocycles. The normalized spacial score (nSPS) is 15.1. The first-order valence-electron chi connectivity index (χ1n) is 11.6. The highest BCUT2D eigenvalue weighted by Crippen LogP contribution is 2.34. The van der Waals surface area contributed by atoms with E-state index in [9.17, 15) is 14.4 Å². The lowest BCUT2D eigenvalue weighted by molar-refractivity contribution is -0.147. The van der Waals surface area contributed by atoms with Crippen molar-refractivity contribution in [1.82, 2.24) is 0 Å². The third-order valence-electron chi connectivity index (χ3n) is 5.10. The van der Waals surface area contributed by atoms with Gasteiger partial charge in [-0.15, -0.1) is 0 Å². The lowest BCUT2D eigenvalue weighted by Gasteiger charge is -2.25. The lowest BCUT2D eigenvalue weighted by atomic mass is 10.1. The summed E-state index contributed by atoms with van der Waals surface area (Å²) in [6, 6.07) is 12.3. The van der Waals surface area contributed by atoms with Crippen LogP contribution in [0, 0.1) is 0 Å². The fourth-order valence-electron chi connectivity index (χ4n) is 3.69. The van der Waals surface area contributed by atoms with E-state index in [4.69, 9.17) is 18.9 Å². The Bertz CT molecular complexity index is 1080. The largest absolute Gasteiger partial charge is 0.494 e. The first-order valence-corrected chi connectivity index (χ1v) is 11.6. The molecular weight excluding hydrogens is 452 g/mol. The Morgan fingerprint density at radius 2 is 1.34 bits per heavy atom. The van der Waals surface area contributed by atoms with Crippen LogP contribution in [0.3, 0.4) is 0 Å². The molecule has 186 valence electrons. The zero-order valence-corrected chi connectivity index (χ0v) is 20.3. The molecule has 9 nitrogen and oxygen atoms in total. The Labute approximate surface area is 204 Å². The molecule has 1 atom stereocenters. The van der Waals surface area contributed by atoms with Crippen LogP contribution in [0.5, 0.6) is 11.5 Å². The molecule has 1 aliphatic heterocycles. The zero-order valence-electron chi connectivity index (χ0n) is 20.3. The van der Waals surface area contributed by atoms with Gasteiger partial charge in [0.2, 0.25) is 0 Å². The number of carbonyl (C=O) groups excluding carboxylic acids is 3. The van der Waals surface area contributed by atoms with Gasteiger partial charge in [-0.2, -0.15) is 0 Å². The second-order valence-corrected chi connectivity index (χ2v) is 7.35. The van der Waals surface area contributed by atoms with Gasteiger partial charge in [0.15, 0.2) is 6.04 Å². The molecular formula is C26H30N2O7. The number of hydrogen-bond donors (Lipinski definition) is 1. The Morgan fingerprint density at radius 3 is 1.86 bits per heavy atom. The number of carbonyl (C=O) groups is 3. The van der Waals surface area contributed by atoms with E-state index in [1.807, 2.05) is 13.8 Å². The van der Waals surface area contributed by atoms with E-state index in [2.05, 4.69) is 5.32 Å². The number of amides is 1. The van der Waals surface area contributed by atoms with Crippen LogP contribution in [0.25, 0.3) is 0 Å². The minimum atomic E-state index is -1.32. The van der Waals surface area contributed by atoms with Gasteiger partial charge in [-0.05, 0) is 76.2 Å². The zero-order chi connectivity index (χ0) is 25.4. The maximum Gasteiger partial charge on any atom is 0.339 e. The molecule has 1 unspecified atom stereocenters. The third-order valence-corrected chi connectivity index (χ3v) is 5.10. The van der Waals surface area contributed by atoms with E-state index in [1.165, 1.54) is 4.90 Å². The van der Waals surface area contributed by atoms with Crippen molar-refractivity contribution in [2.75, 3.05) is 36.6 Å². The molecule has 1 amide bonds. The second kappa shape index (κ2) is 11.9. The van der Waals surface area contributed by atoms with E-state index in [0.717, 1.165) is 0 Å². The van der Waals surface area contributed by atoms with E-state index in [0.29, 0.717) is 36.1 Å². The summed E-state index contributed by atoms with van der Waals surface area (Å²) in [6.07, 6.45) is 0. The van der Waals surface area contributed by atoms with E-state index < -0.39 is 23.9 Å². The predicted octanol–water partition coefficient (Wildman–Crippen LogP) is 3.69. The van der Waals surface area contributed by atoms with Crippen molar-refractivity contribution in [2.45, 2.75) is 33.7 Å². The molecule has 0 radical (unpaired) electrons. The number of anilines is 2. The molecule has 0 aromatic heterocycles. The Kier molecular flexibility index (Phi) is 8.72. The summed E-state index contributed by atoms with van der Waals surface area (Å²) < 4.78 is 21.4. The van der Waals surface area contributed by atoms with Gasteiger partial charge >= 0.3 is 11.9 Å². The van der Waals surface area contributed by atoms with Gasteiger partial charge in [-0.3, -0.25) is 9.69 Å². The first kappa shape index (κ1) is 25.6. The van der Waals surface area contributed by atoms with E-state index >= 15 is 0 Å². The molecule has 0 bridgehead atoms. The van der Waals surface area contributed by atoms with Crippen LogP contribution < -0.4 is 19.7 Å². The number of rotatable bonds is 11. The molecule has 1 N–H and O–H groups in total. The fraction of sp³-hybridized carbons (Fsp3) is 0.346. The highest BCUT2D eigenvalue weighted by atomic mass is 16.5. The smallest absolute Gasteiger partial charge is 0.339 e. The van der Waals surface area contributed by atoms with Crippen molar-refractivity contribution in [3.05, 3.63) is 59.8 Å². The van der Waals surface area contributed by atoms with Crippen LogP contribution >= 0.6 is 0 Å². The van der Waals surface area contributed by atoms with Gasteiger partial charge in [0.25, 0.3) is 5.91 Å². The standard InChI is InChI=1S/C26H30N2O7/c1-5-32-19-13-9-17(10-14-19)27-22-21(25(30)34-7-3)23(26(31)35-8-4)28(24(22)29)18-11-15-20(16-12-18)33-6-2/h9-16,23,27H,5-8H2,1-4H3. The van der Waals surface area contributed by atoms with Crippen molar-refractivity contribution in [3.63, 3.8) is 0 Å². The van der Waals surface area contributed by atoms with Gasteiger partial charge < -0.3 is 24.3 Å². The predicted molar refractivity (Wildman–Crippen MR) is 130 cm³/mol. The molecule has 0 saturated heterocycles. The lowest BCUT2D eigenvalue weighted by Crippen LogP contribution is -2.43.